The van der Waals surface area contributed by atoms with Crippen LogP contribution < -0.4 is 0 Å². The molecule has 0 unspecified atom stereocenters. The van der Waals surface area contributed by atoms with Crippen molar-refractivity contribution in [2.24, 2.45) is 0 Å². The zero-order valence-corrected chi connectivity index (χ0v) is 17.4. The van der Waals surface area contributed by atoms with Crippen LogP contribution in [-0.4, -0.2) is 58.0 Å². The van der Waals surface area contributed by atoms with Gasteiger partial charge in [-0.2, -0.15) is 0 Å². The molecule has 6 nitrogen and oxygen atoms in total. The van der Waals surface area contributed by atoms with E-state index >= 15 is 0 Å². The van der Waals surface area contributed by atoms with Crippen molar-refractivity contribution in [3.05, 3.63) is 70.9 Å². The van der Waals surface area contributed by atoms with Crippen molar-refractivity contribution in [1.82, 2.24) is 19.5 Å². The average Bonchev–Trinajstić information content (AvgIpc) is 3.31. The van der Waals surface area contributed by atoms with Gasteiger partial charge in [-0.15, -0.1) is 0 Å². The summed E-state index contributed by atoms with van der Waals surface area (Å²) in [4.78, 5) is 17.6. The van der Waals surface area contributed by atoms with Crippen molar-refractivity contribution in [3.63, 3.8) is 0 Å². The van der Waals surface area contributed by atoms with E-state index < -0.39 is 0 Å². The largest absolute Gasteiger partial charge is 0.364 e. The van der Waals surface area contributed by atoms with Crippen LogP contribution in [0.4, 0.5) is 0 Å². The van der Waals surface area contributed by atoms with Gasteiger partial charge < -0.3 is 9.09 Å². The lowest BCUT2D eigenvalue weighted by molar-refractivity contribution is 0.0840. The Morgan fingerprint density at radius 1 is 1.03 bits per heavy atom. The molecule has 0 saturated carbocycles. The van der Waals surface area contributed by atoms with Crippen LogP contribution in [0.15, 0.2) is 47.2 Å². The molecule has 152 valence electrons. The predicted octanol–water partition coefficient (Wildman–Crippen LogP) is 3.39. The molecule has 1 aliphatic heterocycles. The van der Waals surface area contributed by atoms with E-state index in [1.165, 1.54) is 5.56 Å². The third-order valence-corrected chi connectivity index (χ3v) is 5.70. The molecular formula is C23H28N4O2. The van der Waals surface area contributed by atoms with Crippen LogP contribution in [0.1, 0.15) is 33.0 Å². The van der Waals surface area contributed by atoms with Crippen LogP contribution in [0.5, 0.6) is 0 Å². The van der Waals surface area contributed by atoms with Gasteiger partial charge in [0.1, 0.15) is 6.26 Å². The fourth-order valence-corrected chi connectivity index (χ4v) is 4.15. The minimum absolute atomic E-state index is 0.196. The second-order valence-corrected chi connectivity index (χ2v) is 7.93. The molecule has 1 aromatic carbocycles. The maximum atomic E-state index is 13.0. The van der Waals surface area contributed by atoms with Crippen molar-refractivity contribution in [3.8, 4) is 5.69 Å². The van der Waals surface area contributed by atoms with Gasteiger partial charge in [0.2, 0.25) is 0 Å². The summed E-state index contributed by atoms with van der Waals surface area (Å²) in [6.07, 6.45) is 1.61. The summed E-state index contributed by atoms with van der Waals surface area (Å²) in [6, 6.07) is 12.3. The lowest BCUT2D eigenvalue weighted by atomic mass is 10.1. The van der Waals surface area contributed by atoms with Crippen molar-refractivity contribution < 1.29 is 9.32 Å². The monoisotopic (exact) mass is 392 g/mol. The standard InChI is InChI=1S/C23H28N4O2/c1-17-5-4-6-21(13-17)27-18(2)14-22(19(27)3)23(28)16-26-10-8-25(9-11-26)15-20-7-12-29-24-20/h4-7,12-14H,8-11,15-16H2,1-3H3. The van der Waals surface area contributed by atoms with Crippen molar-refractivity contribution >= 4 is 5.78 Å². The van der Waals surface area contributed by atoms with Crippen molar-refractivity contribution in [2.75, 3.05) is 32.7 Å². The molecule has 0 radical (unpaired) electrons. The first-order valence-corrected chi connectivity index (χ1v) is 10.1. The van der Waals surface area contributed by atoms with Crippen molar-refractivity contribution in [2.45, 2.75) is 27.3 Å². The van der Waals surface area contributed by atoms with Gasteiger partial charge in [-0.05, 0) is 44.5 Å². The third kappa shape index (κ3) is 4.33. The SMILES string of the molecule is Cc1cccc(-n2c(C)cc(C(=O)CN3CCN(Cc4ccon4)CC3)c2C)c1. The fraction of sp³-hybridized carbons (Fsp3) is 0.391. The highest BCUT2D eigenvalue weighted by atomic mass is 16.5. The molecular weight excluding hydrogens is 364 g/mol. The van der Waals surface area contributed by atoms with Crippen LogP contribution in [0.3, 0.4) is 0 Å². The summed E-state index contributed by atoms with van der Waals surface area (Å²) in [6.45, 7) is 11.1. The maximum absolute atomic E-state index is 13.0. The highest BCUT2D eigenvalue weighted by Gasteiger charge is 2.23. The summed E-state index contributed by atoms with van der Waals surface area (Å²) >= 11 is 0. The van der Waals surface area contributed by atoms with Crippen LogP contribution >= 0.6 is 0 Å². The summed E-state index contributed by atoms with van der Waals surface area (Å²) < 4.78 is 7.08. The molecule has 0 bridgehead atoms. The lowest BCUT2D eigenvalue weighted by Crippen LogP contribution is -2.47. The number of ketones is 1. The van der Waals surface area contributed by atoms with E-state index in [9.17, 15) is 4.79 Å². The second kappa shape index (κ2) is 8.35. The van der Waals surface area contributed by atoms with E-state index in [4.69, 9.17) is 4.52 Å². The number of nitrogens with zero attached hydrogens (tertiary/aromatic N) is 4. The Morgan fingerprint density at radius 2 is 1.79 bits per heavy atom. The smallest absolute Gasteiger partial charge is 0.178 e. The Bertz CT molecular complexity index is 982. The topological polar surface area (TPSA) is 54.5 Å². The van der Waals surface area contributed by atoms with Gasteiger partial charge >= 0.3 is 0 Å². The van der Waals surface area contributed by atoms with E-state index in [1.54, 1.807) is 6.26 Å². The Morgan fingerprint density at radius 3 is 2.48 bits per heavy atom. The molecule has 0 amide bonds. The normalized spacial score (nSPS) is 15.7. The highest BCUT2D eigenvalue weighted by Crippen LogP contribution is 2.22. The number of hydrogen-bond donors (Lipinski definition) is 0. The molecule has 29 heavy (non-hydrogen) atoms. The molecule has 3 aromatic rings. The summed E-state index contributed by atoms with van der Waals surface area (Å²) in [5.41, 5.74) is 6.22. The van der Waals surface area contributed by atoms with Crippen LogP contribution in [0, 0.1) is 20.8 Å². The molecule has 1 fully saturated rings. The van der Waals surface area contributed by atoms with Gasteiger partial charge in [0.25, 0.3) is 0 Å². The Balaban J connectivity index is 1.40. The maximum Gasteiger partial charge on any atom is 0.178 e. The number of benzene rings is 1. The Kier molecular flexibility index (Phi) is 5.65. The average molecular weight is 393 g/mol. The molecule has 0 spiro atoms. The van der Waals surface area contributed by atoms with E-state index in [0.717, 1.165) is 61.1 Å². The number of Topliss-reactive ketones (excluding diaryl/α,β-unsaturated/α-hetero) is 1. The minimum atomic E-state index is 0.196. The molecule has 0 atom stereocenters. The Labute approximate surface area is 171 Å². The van der Waals surface area contributed by atoms with Gasteiger partial charge in [0.15, 0.2) is 5.78 Å². The van der Waals surface area contributed by atoms with Crippen LogP contribution in [0.2, 0.25) is 0 Å². The summed E-state index contributed by atoms with van der Waals surface area (Å²) in [7, 11) is 0. The third-order valence-electron chi connectivity index (χ3n) is 5.70. The summed E-state index contributed by atoms with van der Waals surface area (Å²) in [5, 5.41) is 3.98. The van der Waals surface area contributed by atoms with Gasteiger partial charge in [-0.3, -0.25) is 14.6 Å². The molecule has 0 aliphatic carbocycles. The quantitative estimate of drug-likeness (QED) is 0.602. The van der Waals surface area contributed by atoms with E-state index in [2.05, 4.69) is 57.6 Å². The molecule has 2 aromatic heterocycles. The summed E-state index contributed by atoms with van der Waals surface area (Å²) in [5.74, 6) is 0.196. The van der Waals surface area contributed by atoms with Gasteiger partial charge in [0, 0.05) is 61.4 Å². The molecule has 4 rings (SSSR count). The number of carbonyl (C=O) groups excluding carboxylic acids is 1. The number of carbonyl (C=O) groups is 1. The second-order valence-electron chi connectivity index (χ2n) is 7.93. The number of hydrogen-bond acceptors (Lipinski definition) is 5. The molecule has 6 heteroatoms. The minimum Gasteiger partial charge on any atom is -0.364 e. The van der Waals surface area contributed by atoms with E-state index in [0.29, 0.717) is 6.54 Å². The zero-order chi connectivity index (χ0) is 20.4. The fourth-order valence-electron chi connectivity index (χ4n) is 4.15. The number of piperazine rings is 1. The van der Waals surface area contributed by atoms with Crippen molar-refractivity contribution in [1.29, 1.82) is 0 Å². The highest BCUT2D eigenvalue weighted by molar-refractivity contribution is 5.99. The first kappa shape index (κ1) is 19.6. The predicted molar refractivity (Wildman–Crippen MR) is 113 cm³/mol. The van der Waals surface area contributed by atoms with Gasteiger partial charge in [-0.25, -0.2) is 0 Å². The number of aromatic nitrogens is 2. The van der Waals surface area contributed by atoms with E-state index in [1.807, 2.05) is 19.1 Å². The first-order chi connectivity index (χ1) is 14.0. The zero-order valence-electron chi connectivity index (χ0n) is 17.4. The molecule has 1 saturated heterocycles. The van der Waals surface area contributed by atoms with Gasteiger partial charge in [0.05, 0.1) is 12.2 Å². The lowest BCUT2D eigenvalue weighted by Gasteiger charge is -2.33. The van der Waals surface area contributed by atoms with Gasteiger partial charge in [-0.1, -0.05) is 17.3 Å². The molecule has 1 aliphatic rings. The van der Waals surface area contributed by atoms with Crippen LogP contribution in [-0.2, 0) is 6.54 Å². The Hall–Kier alpha value is -2.70. The molecule has 0 N–H and O–H groups in total. The van der Waals surface area contributed by atoms with Crippen LogP contribution in [0.25, 0.3) is 5.69 Å². The first-order valence-electron chi connectivity index (χ1n) is 10.1. The van der Waals surface area contributed by atoms with E-state index in [-0.39, 0.29) is 5.78 Å². The molecule has 3 heterocycles. The number of rotatable bonds is 6. The number of aryl methyl sites for hydroxylation is 2.